The molecular formula is C12H15F2NOS. The van der Waals surface area contributed by atoms with Crippen LogP contribution < -0.4 is 5.73 Å². The van der Waals surface area contributed by atoms with Gasteiger partial charge in [0.15, 0.2) is 0 Å². The predicted octanol–water partition coefficient (Wildman–Crippen LogP) is 2.30. The van der Waals surface area contributed by atoms with Crippen molar-refractivity contribution in [3.05, 3.63) is 29.8 Å². The maximum absolute atomic E-state index is 13.4. The van der Waals surface area contributed by atoms with E-state index in [1.807, 2.05) is 0 Å². The summed E-state index contributed by atoms with van der Waals surface area (Å²) >= 11 is 1.37. The number of rotatable bonds is 3. The molecule has 2 rings (SSSR count). The molecule has 0 heterocycles. The average molecular weight is 259 g/mol. The lowest BCUT2D eigenvalue weighted by atomic mass is 10.0. The lowest BCUT2D eigenvalue weighted by molar-refractivity contribution is 0.200. The minimum atomic E-state index is -0.568. The van der Waals surface area contributed by atoms with Gasteiger partial charge in [-0.3, -0.25) is 0 Å². The van der Waals surface area contributed by atoms with Crippen LogP contribution in [0.4, 0.5) is 8.78 Å². The lowest BCUT2D eigenvalue weighted by Gasteiger charge is -2.20. The molecule has 1 fully saturated rings. The smallest absolute Gasteiger partial charge is 0.139 e. The zero-order chi connectivity index (χ0) is 12.5. The van der Waals surface area contributed by atoms with E-state index in [0.717, 1.165) is 18.9 Å². The molecule has 0 spiro atoms. The van der Waals surface area contributed by atoms with Crippen molar-refractivity contribution in [3.8, 4) is 0 Å². The minimum absolute atomic E-state index is 0.0457. The highest BCUT2D eigenvalue weighted by Crippen LogP contribution is 2.39. The SMILES string of the molecule is NC1(CO)CCC(Sc2ccc(F)cc2F)C1. The fraction of sp³-hybridized carbons (Fsp3) is 0.500. The normalized spacial score (nSPS) is 28.6. The molecule has 0 saturated heterocycles. The van der Waals surface area contributed by atoms with E-state index in [1.165, 1.54) is 23.9 Å². The fourth-order valence-electron chi connectivity index (χ4n) is 2.10. The predicted molar refractivity (Wildman–Crippen MR) is 63.9 cm³/mol. The van der Waals surface area contributed by atoms with Gasteiger partial charge in [-0.05, 0) is 31.4 Å². The molecule has 1 aromatic rings. The van der Waals surface area contributed by atoms with Crippen molar-refractivity contribution < 1.29 is 13.9 Å². The van der Waals surface area contributed by atoms with Crippen molar-refractivity contribution in [3.63, 3.8) is 0 Å². The highest BCUT2D eigenvalue weighted by molar-refractivity contribution is 8.00. The lowest BCUT2D eigenvalue weighted by Crippen LogP contribution is -2.40. The van der Waals surface area contributed by atoms with Crippen molar-refractivity contribution in [2.75, 3.05) is 6.61 Å². The maximum atomic E-state index is 13.4. The van der Waals surface area contributed by atoms with E-state index in [9.17, 15) is 8.78 Å². The van der Waals surface area contributed by atoms with E-state index in [1.54, 1.807) is 0 Å². The Kier molecular flexibility index (Phi) is 3.70. The van der Waals surface area contributed by atoms with Crippen LogP contribution in [0, 0.1) is 11.6 Å². The van der Waals surface area contributed by atoms with Gasteiger partial charge in [0, 0.05) is 21.8 Å². The van der Waals surface area contributed by atoms with Crippen molar-refractivity contribution >= 4 is 11.8 Å². The number of halogens is 2. The van der Waals surface area contributed by atoms with Crippen LogP contribution in [0.5, 0.6) is 0 Å². The Bertz CT molecular complexity index is 415. The van der Waals surface area contributed by atoms with Crippen LogP contribution >= 0.6 is 11.8 Å². The molecule has 3 N–H and O–H groups in total. The number of aliphatic hydroxyl groups is 1. The molecule has 1 aromatic carbocycles. The van der Waals surface area contributed by atoms with Gasteiger partial charge in [-0.25, -0.2) is 8.78 Å². The Labute approximate surface area is 103 Å². The summed E-state index contributed by atoms with van der Waals surface area (Å²) in [5, 5.41) is 9.33. The van der Waals surface area contributed by atoms with Gasteiger partial charge in [0.25, 0.3) is 0 Å². The van der Waals surface area contributed by atoms with Crippen LogP contribution in [0.2, 0.25) is 0 Å². The van der Waals surface area contributed by atoms with Crippen LogP contribution in [0.15, 0.2) is 23.1 Å². The molecule has 0 aromatic heterocycles. The number of hydrogen-bond donors (Lipinski definition) is 2. The van der Waals surface area contributed by atoms with Crippen LogP contribution in [-0.4, -0.2) is 22.5 Å². The van der Waals surface area contributed by atoms with E-state index >= 15 is 0 Å². The fourth-order valence-corrected chi connectivity index (χ4v) is 3.43. The molecule has 2 unspecified atom stereocenters. The molecule has 94 valence electrons. The van der Waals surface area contributed by atoms with E-state index in [2.05, 4.69) is 0 Å². The minimum Gasteiger partial charge on any atom is -0.394 e. The summed E-state index contributed by atoms with van der Waals surface area (Å²) in [5.41, 5.74) is 5.41. The molecule has 1 aliphatic rings. The topological polar surface area (TPSA) is 46.2 Å². The summed E-state index contributed by atoms with van der Waals surface area (Å²) in [6.45, 7) is -0.0457. The second kappa shape index (κ2) is 4.92. The Morgan fingerprint density at radius 1 is 1.47 bits per heavy atom. The Morgan fingerprint density at radius 3 is 2.82 bits per heavy atom. The zero-order valence-corrected chi connectivity index (χ0v) is 10.1. The zero-order valence-electron chi connectivity index (χ0n) is 9.33. The van der Waals surface area contributed by atoms with Crippen LogP contribution in [-0.2, 0) is 0 Å². The summed E-state index contributed by atoms with van der Waals surface area (Å²) in [6, 6.07) is 3.59. The molecule has 2 nitrogen and oxygen atoms in total. The standard InChI is InChI=1S/C12H15F2NOS/c13-8-1-2-11(10(14)5-8)17-9-3-4-12(15,6-9)7-16/h1-2,5,9,16H,3-4,6-7,15H2. The average Bonchev–Trinajstić information content (AvgIpc) is 2.66. The summed E-state index contributed by atoms with van der Waals surface area (Å²) in [5.74, 6) is -1.10. The molecule has 1 saturated carbocycles. The second-order valence-corrected chi connectivity index (χ2v) is 5.92. The quantitative estimate of drug-likeness (QED) is 0.875. The summed E-state index contributed by atoms with van der Waals surface area (Å²) in [4.78, 5) is 0.443. The third-order valence-corrected chi connectivity index (χ3v) is 4.42. The van der Waals surface area contributed by atoms with Crippen LogP contribution in [0.3, 0.4) is 0 Å². The molecule has 2 atom stereocenters. The van der Waals surface area contributed by atoms with Gasteiger partial charge in [0.2, 0.25) is 0 Å². The number of hydrogen-bond acceptors (Lipinski definition) is 3. The van der Waals surface area contributed by atoms with Crippen molar-refractivity contribution in [1.29, 1.82) is 0 Å². The molecule has 0 aliphatic heterocycles. The van der Waals surface area contributed by atoms with E-state index < -0.39 is 17.2 Å². The molecule has 1 aliphatic carbocycles. The molecule has 0 amide bonds. The Balaban J connectivity index is 2.03. The number of aliphatic hydroxyl groups excluding tert-OH is 1. The molecule has 5 heteroatoms. The molecule has 17 heavy (non-hydrogen) atoms. The van der Waals surface area contributed by atoms with E-state index in [4.69, 9.17) is 10.8 Å². The summed E-state index contributed by atoms with van der Waals surface area (Å²) in [6.07, 6.45) is 2.24. The van der Waals surface area contributed by atoms with Gasteiger partial charge in [-0.15, -0.1) is 11.8 Å². The first-order chi connectivity index (χ1) is 8.02. The van der Waals surface area contributed by atoms with Crippen molar-refractivity contribution in [1.82, 2.24) is 0 Å². The second-order valence-electron chi connectivity index (χ2n) is 4.58. The first-order valence-electron chi connectivity index (χ1n) is 5.54. The van der Waals surface area contributed by atoms with Gasteiger partial charge in [-0.1, -0.05) is 0 Å². The maximum Gasteiger partial charge on any atom is 0.139 e. The molecule has 0 radical (unpaired) electrons. The number of thioether (sulfide) groups is 1. The van der Waals surface area contributed by atoms with E-state index in [0.29, 0.717) is 11.3 Å². The van der Waals surface area contributed by atoms with Gasteiger partial charge in [0.05, 0.1) is 6.61 Å². The van der Waals surface area contributed by atoms with Gasteiger partial charge in [0.1, 0.15) is 11.6 Å². The summed E-state index contributed by atoms with van der Waals surface area (Å²) < 4.78 is 26.2. The third kappa shape index (κ3) is 2.97. The van der Waals surface area contributed by atoms with Crippen molar-refractivity contribution in [2.24, 2.45) is 5.73 Å². The highest BCUT2D eigenvalue weighted by atomic mass is 32.2. The van der Waals surface area contributed by atoms with Gasteiger partial charge < -0.3 is 10.8 Å². The van der Waals surface area contributed by atoms with Gasteiger partial charge in [-0.2, -0.15) is 0 Å². The Morgan fingerprint density at radius 2 is 2.24 bits per heavy atom. The Hall–Kier alpha value is -0.650. The molecular weight excluding hydrogens is 244 g/mol. The van der Waals surface area contributed by atoms with E-state index in [-0.39, 0.29) is 11.9 Å². The van der Waals surface area contributed by atoms with Crippen LogP contribution in [0.25, 0.3) is 0 Å². The summed E-state index contributed by atoms with van der Waals surface area (Å²) in [7, 11) is 0. The van der Waals surface area contributed by atoms with Crippen LogP contribution in [0.1, 0.15) is 19.3 Å². The number of nitrogens with two attached hydrogens (primary N) is 1. The number of benzene rings is 1. The van der Waals surface area contributed by atoms with Crippen molar-refractivity contribution in [2.45, 2.75) is 34.9 Å². The highest BCUT2D eigenvalue weighted by Gasteiger charge is 2.35. The largest absolute Gasteiger partial charge is 0.394 e. The van der Waals surface area contributed by atoms with Gasteiger partial charge >= 0.3 is 0 Å². The molecule has 0 bridgehead atoms. The third-order valence-electron chi connectivity index (χ3n) is 3.10. The first-order valence-corrected chi connectivity index (χ1v) is 6.42. The first kappa shape index (κ1) is 12.8. The monoisotopic (exact) mass is 259 g/mol.